The Kier molecular flexibility index (Phi) is 5.00. The van der Waals surface area contributed by atoms with Crippen LogP contribution in [0.1, 0.15) is 12.0 Å². The van der Waals surface area contributed by atoms with Gasteiger partial charge >= 0.3 is 0 Å². The number of methoxy groups -OCH3 is 2. The average Bonchev–Trinajstić information content (AvgIpc) is 2.89. The summed E-state index contributed by atoms with van der Waals surface area (Å²) in [5.74, 6) is -0.0429. The van der Waals surface area contributed by atoms with E-state index in [1.165, 1.54) is 12.0 Å². The molecule has 6 heteroatoms. The van der Waals surface area contributed by atoms with Crippen molar-refractivity contribution in [1.29, 1.82) is 0 Å². The fraction of sp³-hybridized carbons (Fsp3) is 0.263. The maximum absolute atomic E-state index is 12.8. The monoisotopic (exact) mass is 340 g/mol. The fourth-order valence-corrected chi connectivity index (χ4v) is 2.93. The van der Waals surface area contributed by atoms with E-state index in [1.54, 1.807) is 31.4 Å². The third-order valence-corrected chi connectivity index (χ3v) is 4.05. The van der Waals surface area contributed by atoms with Gasteiger partial charge in [0.1, 0.15) is 11.8 Å². The van der Waals surface area contributed by atoms with Gasteiger partial charge in [0.2, 0.25) is 5.91 Å². The molecule has 0 unspecified atom stereocenters. The van der Waals surface area contributed by atoms with E-state index >= 15 is 0 Å². The van der Waals surface area contributed by atoms with Crippen LogP contribution in [0.4, 0.5) is 11.4 Å². The van der Waals surface area contributed by atoms with E-state index < -0.39 is 6.04 Å². The highest BCUT2D eigenvalue weighted by molar-refractivity contribution is 6.23. The quantitative estimate of drug-likeness (QED) is 0.819. The molecule has 1 saturated heterocycles. The van der Waals surface area contributed by atoms with Crippen molar-refractivity contribution in [3.05, 3.63) is 54.1 Å². The number of nitrogens with one attached hydrogen (secondary N) is 1. The molecule has 0 aromatic heterocycles. The van der Waals surface area contributed by atoms with Crippen molar-refractivity contribution in [2.75, 3.05) is 24.4 Å². The Morgan fingerprint density at radius 1 is 1.12 bits per heavy atom. The molecule has 0 saturated carbocycles. The topological polar surface area (TPSA) is 67.9 Å². The van der Waals surface area contributed by atoms with Crippen LogP contribution in [-0.4, -0.2) is 32.1 Å². The van der Waals surface area contributed by atoms with Crippen LogP contribution in [0.3, 0.4) is 0 Å². The molecular weight excluding hydrogens is 320 g/mol. The van der Waals surface area contributed by atoms with Gasteiger partial charge in [0.25, 0.3) is 5.91 Å². The highest BCUT2D eigenvalue weighted by atomic mass is 16.5. The largest absolute Gasteiger partial charge is 0.495 e. The van der Waals surface area contributed by atoms with Crippen LogP contribution in [0.15, 0.2) is 48.5 Å². The summed E-state index contributed by atoms with van der Waals surface area (Å²) in [5.41, 5.74) is 2.24. The Morgan fingerprint density at radius 2 is 1.92 bits per heavy atom. The molecule has 130 valence electrons. The fourth-order valence-electron chi connectivity index (χ4n) is 2.93. The number of amides is 2. The standard InChI is InChI=1S/C19H20N2O4/c1-24-12-13-6-5-7-14(10-13)20-15-11-18(22)21(19(15)23)16-8-3-4-9-17(16)25-2/h3-10,15,20H,11-12H2,1-2H3/t15-/m0/s1. The molecule has 1 fully saturated rings. The molecular formula is C19H20N2O4. The zero-order valence-electron chi connectivity index (χ0n) is 14.2. The van der Waals surface area contributed by atoms with Crippen molar-refractivity contribution in [2.45, 2.75) is 19.1 Å². The molecule has 0 spiro atoms. The molecule has 3 rings (SSSR count). The van der Waals surface area contributed by atoms with Crippen molar-refractivity contribution in [1.82, 2.24) is 0 Å². The number of nitrogens with zero attached hydrogens (tertiary/aromatic N) is 1. The highest BCUT2D eigenvalue weighted by Gasteiger charge is 2.40. The first-order chi connectivity index (χ1) is 12.1. The van der Waals surface area contributed by atoms with Gasteiger partial charge in [0.15, 0.2) is 0 Å². The Hall–Kier alpha value is -2.86. The molecule has 1 heterocycles. The second-order valence-corrected chi connectivity index (χ2v) is 5.77. The van der Waals surface area contributed by atoms with E-state index in [-0.39, 0.29) is 18.2 Å². The van der Waals surface area contributed by atoms with Crippen molar-refractivity contribution < 1.29 is 19.1 Å². The summed E-state index contributed by atoms with van der Waals surface area (Å²) in [5, 5.41) is 3.15. The summed E-state index contributed by atoms with van der Waals surface area (Å²) in [7, 11) is 3.14. The van der Waals surface area contributed by atoms with Gasteiger partial charge in [-0.25, -0.2) is 4.90 Å². The van der Waals surface area contributed by atoms with Crippen LogP contribution in [0.5, 0.6) is 5.75 Å². The van der Waals surface area contributed by atoms with Gasteiger partial charge in [0.05, 0.1) is 25.8 Å². The SMILES string of the molecule is COCc1cccc(N[C@H]2CC(=O)N(c3ccccc3OC)C2=O)c1. The Labute approximate surface area is 146 Å². The molecule has 2 aromatic rings. The first-order valence-corrected chi connectivity index (χ1v) is 7.98. The number of carbonyl (C=O) groups is 2. The maximum atomic E-state index is 12.8. The van der Waals surface area contributed by atoms with Gasteiger partial charge in [-0.2, -0.15) is 0 Å². The molecule has 0 bridgehead atoms. The number of ether oxygens (including phenoxy) is 2. The molecule has 1 aliphatic rings. The average molecular weight is 340 g/mol. The van der Waals surface area contributed by atoms with Crippen molar-refractivity contribution in [3.63, 3.8) is 0 Å². The summed E-state index contributed by atoms with van der Waals surface area (Å²) in [6, 6.07) is 14.0. The Bertz CT molecular complexity index is 790. The number of para-hydroxylation sites is 2. The van der Waals surface area contributed by atoms with E-state index in [9.17, 15) is 9.59 Å². The molecule has 6 nitrogen and oxygen atoms in total. The Balaban J connectivity index is 1.81. The van der Waals surface area contributed by atoms with Crippen molar-refractivity contribution in [2.24, 2.45) is 0 Å². The second-order valence-electron chi connectivity index (χ2n) is 5.77. The van der Waals surface area contributed by atoms with E-state index in [1.807, 2.05) is 24.3 Å². The minimum Gasteiger partial charge on any atom is -0.495 e. The second kappa shape index (κ2) is 7.36. The van der Waals surface area contributed by atoms with Gasteiger partial charge in [0, 0.05) is 12.8 Å². The van der Waals surface area contributed by atoms with E-state index in [0.29, 0.717) is 18.0 Å². The Morgan fingerprint density at radius 3 is 2.68 bits per heavy atom. The zero-order chi connectivity index (χ0) is 17.8. The number of rotatable bonds is 6. The van der Waals surface area contributed by atoms with Gasteiger partial charge in [-0.15, -0.1) is 0 Å². The van der Waals surface area contributed by atoms with Crippen LogP contribution in [0, 0.1) is 0 Å². The number of carbonyl (C=O) groups excluding carboxylic acids is 2. The number of benzene rings is 2. The summed E-state index contributed by atoms with van der Waals surface area (Å²) in [6.07, 6.45) is 0.103. The van der Waals surface area contributed by atoms with Gasteiger partial charge in [-0.1, -0.05) is 24.3 Å². The molecule has 1 atom stereocenters. The predicted octanol–water partition coefficient (Wildman–Crippen LogP) is 2.59. The molecule has 2 aromatic carbocycles. The number of hydrogen-bond donors (Lipinski definition) is 1. The molecule has 2 amide bonds. The normalized spacial score (nSPS) is 17.0. The molecule has 0 radical (unpaired) electrons. The third-order valence-electron chi connectivity index (χ3n) is 4.05. The zero-order valence-corrected chi connectivity index (χ0v) is 14.2. The van der Waals surface area contributed by atoms with Crippen LogP contribution in [0.2, 0.25) is 0 Å². The third kappa shape index (κ3) is 3.49. The lowest BCUT2D eigenvalue weighted by atomic mass is 10.2. The van der Waals surface area contributed by atoms with Crippen LogP contribution in [-0.2, 0) is 20.9 Å². The summed E-state index contributed by atoms with van der Waals surface area (Å²) >= 11 is 0. The molecule has 1 N–H and O–H groups in total. The highest BCUT2D eigenvalue weighted by Crippen LogP contribution is 2.32. The maximum Gasteiger partial charge on any atom is 0.256 e. The van der Waals surface area contributed by atoms with Gasteiger partial charge in [-0.05, 0) is 29.8 Å². The first-order valence-electron chi connectivity index (χ1n) is 7.98. The van der Waals surface area contributed by atoms with E-state index in [2.05, 4.69) is 5.32 Å². The van der Waals surface area contributed by atoms with Crippen molar-refractivity contribution in [3.8, 4) is 5.75 Å². The van der Waals surface area contributed by atoms with E-state index in [4.69, 9.17) is 9.47 Å². The molecule has 1 aliphatic heterocycles. The first kappa shape index (κ1) is 17.0. The van der Waals surface area contributed by atoms with Crippen molar-refractivity contribution >= 4 is 23.2 Å². The summed E-state index contributed by atoms with van der Waals surface area (Å²) in [6.45, 7) is 0.487. The van der Waals surface area contributed by atoms with Gasteiger partial charge < -0.3 is 14.8 Å². The number of anilines is 2. The number of hydrogen-bond acceptors (Lipinski definition) is 5. The minimum atomic E-state index is -0.602. The minimum absolute atomic E-state index is 0.103. The molecule has 25 heavy (non-hydrogen) atoms. The van der Waals surface area contributed by atoms with Gasteiger partial charge in [-0.3, -0.25) is 9.59 Å². The smallest absolute Gasteiger partial charge is 0.256 e. The van der Waals surface area contributed by atoms with Crippen LogP contribution >= 0.6 is 0 Å². The van der Waals surface area contributed by atoms with E-state index in [0.717, 1.165) is 11.3 Å². The number of imide groups is 1. The van der Waals surface area contributed by atoms with Crippen LogP contribution in [0.25, 0.3) is 0 Å². The summed E-state index contributed by atoms with van der Waals surface area (Å²) in [4.78, 5) is 26.4. The lowest BCUT2D eigenvalue weighted by molar-refractivity contribution is -0.121. The lowest BCUT2D eigenvalue weighted by Gasteiger charge is -2.18. The predicted molar refractivity (Wildman–Crippen MR) is 94.7 cm³/mol. The lowest BCUT2D eigenvalue weighted by Crippen LogP contribution is -2.35. The summed E-state index contributed by atoms with van der Waals surface area (Å²) < 4.78 is 10.4. The molecule has 0 aliphatic carbocycles. The van der Waals surface area contributed by atoms with Crippen LogP contribution < -0.4 is 15.0 Å².